The van der Waals surface area contributed by atoms with E-state index in [1.807, 2.05) is 0 Å². The lowest BCUT2D eigenvalue weighted by atomic mass is 9.98. The van der Waals surface area contributed by atoms with E-state index in [-0.39, 0.29) is 17.8 Å². The lowest BCUT2D eigenvalue weighted by Crippen LogP contribution is -2.40. The molecule has 1 saturated heterocycles. The van der Waals surface area contributed by atoms with Crippen molar-refractivity contribution in [1.29, 1.82) is 0 Å². The average molecular weight is 295 g/mol. The Balaban J connectivity index is 2.07. The average Bonchev–Trinajstić information content (AvgIpc) is 2.96. The maximum Gasteiger partial charge on any atom is 0.374 e. The first kappa shape index (κ1) is 15.6. The lowest BCUT2D eigenvalue weighted by Gasteiger charge is -2.34. The first-order valence-corrected chi connectivity index (χ1v) is 7.11. The molecule has 0 aliphatic carbocycles. The number of likely N-dealkylation sites (tertiary alicyclic amines) is 1. The van der Waals surface area contributed by atoms with Crippen molar-refractivity contribution in [3.63, 3.8) is 0 Å². The van der Waals surface area contributed by atoms with E-state index in [9.17, 15) is 9.59 Å². The van der Waals surface area contributed by atoms with Gasteiger partial charge in [0.1, 0.15) is 0 Å². The van der Waals surface area contributed by atoms with Gasteiger partial charge in [0.05, 0.1) is 26.9 Å². The molecule has 0 radical (unpaired) electrons. The van der Waals surface area contributed by atoms with Crippen LogP contribution in [0.4, 0.5) is 0 Å². The largest absolute Gasteiger partial charge is 0.469 e. The van der Waals surface area contributed by atoms with Crippen LogP contribution in [0.15, 0.2) is 16.7 Å². The van der Waals surface area contributed by atoms with E-state index < -0.39 is 5.97 Å². The van der Waals surface area contributed by atoms with Crippen LogP contribution < -0.4 is 0 Å². The van der Waals surface area contributed by atoms with Gasteiger partial charge in [0.2, 0.25) is 5.76 Å². The highest BCUT2D eigenvalue weighted by atomic mass is 16.5. The smallest absolute Gasteiger partial charge is 0.374 e. The standard InChI is InChI=1S/C15H21NO5/c1-19-13(17)9-12-5-3-4-7-16(12)10-11-6-8-21-14(11)15(18)20-2/h6,8,12H,3-5,7,9-10H2,1-2H3. The van der Waals surface area contributed by atoms with Crippen molar-refractivity contribution < 1.29 is 23.5 Å². The minimum atomic E-state index is -0.475. The molecule has 6 nitrogen and oxygen atoms in total. The van der Waals surface area contributed by atoms with Crippen LogP contribution >= 0.6 is 0 Å². The van der Waals surface area contributed by atoms with E-state index in [4.69, 9.17) is 13.9 Å². The molecule has 1 atom stereocenters. The molecule has 0 aromatic carbocycles. The van der Waals surface area contributed by atoms with Gasteiger partial charge in [0.25, 0.3) is 0 Å². The molecule has 21 heavy (non-hydrogen) atoms. The van der Waals surface area contributed by atoms with E-state index in [0.717, 1.165) is 31.4 Å². The van der Waals surface area contributed by atoms with Gasteiger partial charge in [0.15, 0.2) is 0 Å². The van der Waals surface area contributed by atoms with Crippen LogP contribution in [0, 0.1) is 0 Å². The number of rotatable bonds is 5. The van der Waals surface area contributed by atoms with Crippen molar-refractivity contribution in [2.24, 2.45) is 0 Å². The molecule has 2 heterocycles. The molecule has 6 heteroatoms. The van der Waals surface area contributed by atoms with Crippen LogP contribution in [0.5, 0.6) is 0 Å². The van der Waals surface area contributed by atoms with E-state index in [1.54, 1.807) is 6.07 Å². The van der Waals surface area contributed by atoms with Gasteiger partial charge in [-0.25, -0.2) is 4.79 Å². The molecule has 0 saturated carbocycles. The highest BCUT2D eigenvalue weighted by Gasteiger charge is 2.27. The summed E-state index contributed by atoms with van der Waals surface area (Å²) in [6.45, 7) is 1.47. The number of carbonyl (C=O) groups is 2. The summed E-state index contributed by atoms with van der Waals surface area (Å²) in [6.07, 6.45) is 5.01. The van der Waals surface area contributed by atoms with Gasteiger partial charge in [-0.15, -0.1) is 0 Å². The number of carbonyl (C=O) groups excluding carboxylic acids is 2. The molecule has 116 valence electrons. The maximum atomic E-state index is 11.6. The Kier molecular flexibility index (Phi) is 5.38. The minimum absolute atomic E-state index is 0.145. The SMILES string of the molecule is COC(=O)CC1CCCCN1Cc1ccoc1C(=O)OC. The summed E-state index contributed by atoms with van der Waals surface area (Å²) < 4.78 is 14.7. The van der Waals surface area contributed by atoms with Gasteiger partial charge in [-0.3, -0.25) is 9.69 Å². The monoisotopic (exact) mass is 295 g/mol. The number of piperidine rings is 1. The van der Waals surface area contributed by atoms with Crippen LogP contribution in [-0.2, 0) is 20.8 Å². The maximum absolute atomic E-state index is 11.6. The first-order chi connectivity index (χ1) is 10.2. The number of methoxy groups -OCH3 is 2. The van der Waals surface area contributed by atoms with E-state index in [1.165, 1.54) is 20.5 Å². The summed E-state index contributed by atoms with van der Waals surface area (Å²) >= 11 is 0. The van der Waals surface area contributed by atoms with Crippen molar-refractivity contribution in [2.75, 3.05) is 20.8 Å². The Morgan fingerprint density at radius 1 is 1.33 bits per heavy atom. The van der Waals surface area contributed by atoms with Gasteiger partial charge >= 0.3 is 11.9 Å². The molecule has 1 fully saturated rings. The van der Waals surface area contributed by atoms with Gasteiger partial charge in [-0.2, -0.15) is 0 Å². The molecule has 2 rings (SSSR count). The highest BCUT2D eigenvalue weighted by molar-refractivity contribution is 5.87. The number of nitrogens with zero attached hydrogens (tertiary/aromatic N) is 1. The predicted octanol–water partition coefficient (Wildman–Crippen LogP) is 1.98. The third-order valence-corrected chi connectivity index (χ3v) is 3.87. The van der Waals surface area contributed by atoms with Gasteiger partial charge in [0, 0.05) is 18.2 Å². The Hall–Kier alpha value is -1.82. The Labute approximate surface area is 124 Å². The Bertz CT molecular complexity index is 496. The molecule has 1 unspecified atom stereocenters. The second kappa shape index (κ2) is 7.26. The van der Waals surface area contributed by atoms with E-state index >= 15 is 0 Å². The molecule has 1 aliphatic rings. The van der Waals surface area contributed by atoms with Gasteiger partial charge in [-0.05, 0) is 25.5 Å². The number of esters is 2. The zero-order valence-corrected chi connectivity index (χ0v) is 12.5. The van der Waals surface area contributed by atoms with Crippen LogP contribution in [0.2, 0.25) is 0 Å². The van der Waals surface area contributed by atoms with Crippen LogP contribution in [0.3, 0.4) is 0 Å². The fourth-order valence-electron chi connectivity index (χ4n) is 2.73. The molecular weight excluding hydrogens is 274 g/mol. The van der Waals surface area contributed by atoms with Crippen molar-refractivity contribution in [3.8, 4) is 0 Å². The fraction of sp³-hybridized carbons (Fsp3) is 0.600. The normalized spacial score (nSPS) is 19.2. The summed E-state index contributed by atoms with van der Waals surface area (Å²) in [5, 5.41) is 0. The number of hydrogen-bond acceptors (Lipinski definition) is 6. The number of hydrogen-bond donors (Lipinski definition) is 0. The molecule has 1 aliphatic heterocycles. The third-order valence-electron chi connectivity index (χ3n) is 3.87. The van der Waals surface area contributed by atoms with Gasteiger partial charge in [-0.1, -0.05) is 6.42 Å². The first-order valence-electron chi connectivity index (χ1n) is 7.11. The van der Waals surface area contributed by atoms with E-state index in [2.05, 4.69) is 4.90 Å². The second-order valence-corrected chi connectivity index (χ2v) is 5.17. The van der Waals surface area contributed by atoms with Crippen LogP contribution in [-0.4, -0.2) is 43.6 Å². The summed E-state index contributed by atoms with van der Waals surface area (Å²) in [7, 11) is 2.73. The Morgan fingerprint density at radius 3 is 2.86 bits per heavy atom. The zero-order chi connectivity index (χ0) is 15.2. The summed E-state index contributed by atoms with van der Waals surface area (Å²) in [5.74, 6) is -0.441. The topological polar surface area (TPSA) is 69.0 Å². The molecule has 0 N–H and O–H groups in total. The lowest BCUT2D eigenvalue weighted by molar-refractivity contribution is -0.142. The summed E-state index contributed by atoms with van der Waals surface area (Å²) in [4.78, 5) is 25.3. The minimum Gasteiger partial charge on any atom is -0.469 e. The third kappa shape index (κ3) is 3.85. The summed E-state index contributed by atoms with van der Waals surface area (Å²) in [6, 6.07) is 1.92. The molecule has 1 aromatic heterocycles. The molecule has 0 amide bonds. The quantitative estimate of drug-likeness (QED) is 0.774. The molecule has 0 bridgehead atoms. The molecule has 0 spiro atoms. The number of ether oxygens (including phenoxy) is 2. The van der Waals surface area contributed by atoms with Crippen LogP contribution in [0.1, 0.15) is 41.8 Å². The summed E-state index contributed by atoms with van der Waals surface area (Å²) in [5.41, 5.74) is 0.790. The second-order valence-electron chi connectivity index (χ2n) is 5.17. The molecule has 1 aromatic rings. The van der Waals surface area contributed by atoms with Gasteiger partial charge < -0.3 is 13.9 Å². The Morgan fingerprint density at radius 2 is 2.14 bits per heavy atom. The highest BCUT2D eigenvalue weighted by Crippen LogP contribution is 2.24. The van der Waals surface area contributed by atoms with Crippen molar-refractivity contribution in [1.82, 2.24) is 4.90 Å². The zero-order valence-electron chi connectivity index (χ0n) is 12.5. The predicted molar refractivity (Wildman–Crippen MR) is 74.7 cm³/mol. The van der Waals surface area contributed by atoms with Crippen molar-refractivity contribution >= 4 is 11.9 Å². The van der Waals surface area contributed by atoms with Crippen molar-refractivity contribution in [3.05, 3.63) is 23.7 Å². The van der Waals surface area contributed by atoms with Crippen molar-refractivity contribution in [2.45, 2.75) is 38.3 Å². The molecular formula is C15H21NO5. The van der Waals surface area contributed by atoms with Crippen LogP contribution in [0.25, 0.3) is 0 Å². The van der Waals surface area contributed by atoms with E-state index in [0.29, 0.717) is 13.0 Å². The number of furan rings is 1. The fourth-order valence-corrected chi connectivity index (χ4v) is 2.73.